The van der Waals surface area contributed by atoms with Crippen LogP contribution in [-0.2, 0) is 4.84 Å². The zero-order valence-electron chi connectivity index (χ0n) is 13.9. The summed E-state index contributed by atoms with van der Waals surface area (Å²) < 4.78 is 14.2. The van der Waals surface area contributed by atoms with Crippen LogP contribution >= 0.6 is 23.4 Å². The average molecular weight is 403 g/mol. The van der Waals surface area contributed by atoms with Gasteiger partial charge in [-0.25, -0.2) is 14.6 Å². The molecule has 8 nitrogen and oxygen atoms in total. The number of hydrogen-bond acceptors (Lipinski definition) is 7. The van der Waals surface area contributed by atoms with E-state index in [9.17, 15) is 14.0 Å². The SMILES string of the molecule is CSc1ccc(Nc2c(C(=O)N(C)OCCO)n[nH]c(=O)c2Cl)c(F)c1. The Labute approximate surface area is 157 Å². The zero-order chi connectivity index (χ0) is 19.3. The van der Waals surface area contributed by atoms with Gasteiger partial charge in [-0.15, -0.1) is 11.8 Å². The van der Waals surface area contributed by atoms with E-state index in [0.717, 1.165) is 5.06 Å². The number of aliphatic hydroxyl groups excluding tert-OH is 1. The molecule has 1 aromatic heterocycles. The minimum Gasteiger partial charge on any atom is -0.394 e. The van der Waals surface area contributed by atoms with Crippen LogP contribution in [0.1, 0.15) is 10.5 Å². The van der Waals surface area contributed by atoms with Gasteiger partial charge in [0, 0.05) is 11.9 Å². The Morgan fingerprint density at radius 3 is 2.88 bits per heavy atom. The Balaban J connectivity index is 2.42. The van der Waals surface area contributed by atoms with Gasteiger partial charge in [0.15, 0.2) is 5.69 Å². The number of hydrogen-bond donors (Lipinski definition) is 3. The van der Waals surface area contributed by atoms with Gasteiger partial charge >= 0.3 is 0 Å². The molecular formula is C15H16ClFN4O4S. The summed E-state index contributed by atoms with van der Waals surface area (Å²) in [5, 5.41) is 17.7. The van der Waals surface area contributed by atoms with Crippen LogP contribution in [0, 0.1) is 5.82 Å². The van der Waals surface area contributed by atoms with Crippen molar-refractivity contribution in [1.29, 1.82) is 0 Å². The number of carbonyl (C=O) groups excluding carboxylic acids is 1. The molecule has 0 bridgehead atoms. The van der Waals surface area contributed by atoms with Crippen LogP contribution in [0.15, 0.2) is 27.9 Å². The van der Waals surface area contributed by atoms with Gasteiger partial charge < -0.3 is 10.4 Å². The maximum Gasteiger partial charge on any atom is 0.299 e. The van der Waals surface area contributed by atoms with Crippen molar-refractivity contribution in [2.75, 3.05) is 31.8 Å². The number of nitrogens with zero attached hydrogens (tertiary/aromatic N) is 2. The van der Waals surface area contributed by atoms with Crippen molar-refractivity contribution in [3.05, 3.63) is 45.1 Å². The Morgan fingerprint density at radius 1 is 1.54 bits per heavy atom. The van der Waals surface area contributed by atoms with Crippen molar-refractivity contribution >= 4 is 40.6 Å². The number of nitrogens with one attached hydrogen (secondary N) is 2. The number of halogens is 2. The second kappa shape index (κ2) is 8.99. The summed E-state index contributed by atoms with van der Waals surface area (Å²) >= 11 is 7.35. The lowest BCUT2D eigenvalue weighted by atomic mass is 10.2. The molecule has 1 amide bonds. The fourth-order valence-electron chi connectivity index (χ4n) is 1.94. The van der Waals surface area contributed by atoms with E-state index in [2.05, 4.69) is 15.5 Å². The fourth-order valence-corrected chi connectivity index (χ4v) is 2.55. The van der Waals surface area contributed by atoms with Gasteiger partial charge in [0.2, 0.25) is 0 Å². The van der Waals surface area contributed by atoms with Gasteiger partial charge in [-0.05, 0) is 24.5 Å². The van der Waals surface area contributed by atoms with Gasteiger partial charge in [0.1, 0.15) is 10.8 Å². The Bertz CT molecular complexity index is 864. The first-order valence-corrected chi connectivity index (χ1v) is 8.89. The minimum atomic E-state index is -0.750. The van der Waals surface area contributed by atoms with Crippen LogP contribution in [-0.4, -0.2) is 52.8 Å². The molecular weight excluding hydrogens is 387 g/mol. The number of hydroxylamine groups is 2. The zero-order valence-corrected chi connectivity index (χ0v) is 15.4. The van der Waals surface area contributed by atoms with E-state index >= 15 is 0 Å². The van der Waals surface area contributed by atoms with E-state index in [1.807, 2.05) is 0 Å². The molecule has 0 aliphatic rings. The normalized spacial score (nSPS) is 10.7. The molecule has 0 aliphatic carbocycles. The van der Waals surface area contributed by atoms with Crippen molar-refractivity contribution in [3.8, 4) is 0 Å². The molecule has 11 heteroatoms. The first-order valence-electron chi connectivity index (χ1n) is 7.29. The van der Waals surface area contributed by atoms with Gasteiger partial charge in [-0.3, -0.25) is 14.4 Å². The van der Waals surface area contributed by atoms with Crippen LogP contribution in [0.4, 0.5) is 15.8 Å². The summed E-state index contributed by atoms with van der Waals surface area (Å²) in [6.45, 7) is -0.414. The summed E-state index contributed by atoms with van der Waals surface area (Å²) in [5.74, 6) is -1.34. The topological polar surface area (TPSA) is 108 Å². The van der Waals surface area contributed by atoms with Crippen LogP contribution in [0.3, 0.4) is 0 Å². The third kappa shape index (κ3) is 4.52. The minimum absolute atomic E-state index is 0.0186. The first kappa shape index (κ1) is 20.2. The summed E-state index contributed by atoms with van der Waals surface area (Å²) in [4.78, 5) is 29.9. The quantitative estimate of drug-likeness (QED) is 0.480. The Hall–Kier alpha value is -2.14. The number of anilines is 2. The van der Waals surface area contributed by atoms with Crippen molar-refractivity contribution in [2.24, 2.45) is 0 Å². The molecule has 2 rings (SSSR count). The molecule has 0 fully saturated rings. The number of H-pyrrole nitrogens is 1. The highest BCUT2D eigenvalue weighted by atomic mass is 35.5. The van der Waals surface area contributed by atoms with E-state index in [4.69, 9.17) is 21.5 Å². The van der Waals surface area contributed by atoms with Crippen molar-refractivity contribution in [1.82, 2.24) is 15.3 Å². The maximum atomic E-state index is 14.2. The molecule has 0 aliphatic heterocycles. The van der Waals surface area contributed by atoms with Crippen LogP contribution in [0.25, 0.3) is 0 Å². The van der Waals surface area contributed by atoms with Crippen LogP contribution in [0.2, 0.25) is 5.02 Å². The smallest absolute Gasteiger partial charge is 0.299 e. The second-order valence-electron chi connectivity index (χ2n) is 4.92. The number of benzene rings is 1. The predicted molar refractivity (Wildman–Crippen MR) is 96.5 cm³/mol. The largest absolute Gasteiger partial charge is 0.394 e. The van der Waals surface area contributed by atoms with Crippen LogP contribution < -0.4 is 10.9 Å². The summed E-state index contributed by atoms with van der Waals surface area (Å²) in [6, 6.07) is 4.43. The molecule has 26 heavy (non-hydrogen) atoms. The Morgan fingerprint density at radius 2 is 2.27 bits per heavy atom. The first-order chi connectivity index (χ1) is 12.4. The average Bonchev–Trinajstić information content (AvgIpc) is 2.64. The van der Waals surface area contributed by atoms with Crippen molar-refractivity contribution < 1.29 is 19.1 Å². The highest BCUT2D eigenvalue weighted by molar-refractivity contribution is 7.98. The molecule has 0 spiro atoms. The number of thioether (sulfide) groups is 1. The summed E-state index contributed by atoms with van der Waals surface area (Å²) in [6.07, 6.45) is 1.80. The molecule has 2 aromatic rings. The monoisotopic (exact) mass is 402 g/mol. The number of aliphatic hydroxyl groups is 1. The molecule has 0 unspecified atom stereocenters. The maximum absolute atomic E-state index is 14.2. The predicted octanol–water partition coefficient (Wildman–Crippen LogP) is 2.02. The van der Waals surface area contributed by atoms with E-state index in [1.165, 1.54) is 30.9 Å². The standard InChI is InChI=1S/C15H16ClFN4O4S/c1-21(25-6-5-22)15(24)13-12(11(16)14(23)20-19-13)18-10-4-3-8(26-2)7-9(10)17/h3-4,7,22H,5-6H2,1-2H3,(H2,18,20,23). The summed E-state index contributed by atoms with van der Waals surface area (Å²) in [5.41, 5.74) is -1.16. The number of aromatic amines is 1. The highest BCUT2D eigenvalue weighted by Gasteiger charge is 2.23. The molecule has 3 N–H and O–H groups in total. The van der Waals surface area contributed by atoms with Crippen molar-refractivity contribution in [3.63, 3.8) is 0 Å². The van der Waals surface area contributed by atoms with Gasteiger partial charge in [0.25, 0.3) is 11.5 Å². The lowest BCUT2D eigenvalue weighted by Gasteiger charge is -2.18. The number of amides is 1. The fraction of sp³-hybridized carbons (Fsp3) is 0.267. The molecule has 0 radical (unpaired) electrons. The van der Waals surface area contributed by atoms with E-state index in [0.29, 0.717) is 4.90 Å². The molecule has 0 saturated carbocycles. The third-order valence-corrected chi connectivity index (χ3v) is 4.31. The molecule has 1 heterocycles. The third-order valence-electron chi connectivity index (χ3n) is 3.23. The van der Waals surface area contributed by atoms with Crippen LogP contribution in [0.5, 0.6) is 0 Å². The van der Waals surface area contributed by atoms with Gasteiger partial charge in [0.05, 0.1) is 24.6 Å². The Kier molecular flexibility index (Phi) is 6.98. The van der Waals surface area contributed by atoms with E-state index < -0.39 is 17.3 Å². The van der Waals surface area contributed by atoms with Gasteiger partial charge in [-0.1, -0.05) is 11.6 Å². The molecule has 140 valence electrons. The number of rotatable bonds is 7. The molecule has 0 saturated heterocycles. The molecule has 0 atom stereocenters. The number of aromatic nitrogens is 2. The molecule has 1 aromatic carbocycles. The summed E-state index contributed by atoms with van der Waals surface area (Å²) in [7, 11) is 1.30. The van der Waals surface area contributed by atoms with Crippen molar-refractivity contribution in [2.45, 2.75) is 4.90 Å². The van der Waals surface area contributed by atoms with Gasteiger partial charge in [-0.2, -0.15) is 5.10 Å². The van der Waals surface area contributed by atoms with E-state index in [-0.39, 0.29) is 35.3 Å². The lowest BCUT2D eigenvalue weighted by Crippen LogP contribution is -2.31. The highest BCUT2D eigenvalue weighted by Crippen LogP contribution is 2.29. The number of carbonyl (C=O) groups is 1. The second-order valence-corrected chi connectivity index (χ2v) is 6.18. The van der Waals surface area contributed by atoms with E-state index in [1.54, 1.807) is 12.3 Å². The lowest BCUT2D eigenvalue weighted by molar-refractivity contribution is -0.114.